The molecule has 104 valence electrons. The van der Waals surface area contributed by atoms with Crippen molar-refractivity contribution in [2.45, 2.75) is 18.8 Å². The van der Waals surface area contributed by atoms with E-state index in [-0.39, 0.29) is 0 Å². The van der Waals surface area contributed by atoms with Crippen molar-refractivity contribution < 1.29 is 0 Å². The van der Waals surface area contributed by atoms with Gasteiger partial charge in [-0.1, -0.05) is 11.6 Å². The smallest absolute Gasteiger partial charge is 0.123 e. The van der Waals surface area contributed by atoms with Crippen molar-refractivity contribution in [2.24, 2.45) is 0 Å². The van der Waals surface area contributed by atoms with Crippen LogP contribution in [0.15, 0.2) is 36.8 Å². The molecule has 21 heavy (non-hydrogen) atoms. The Morgan fingerprint density at radius 3 is 2.67 bits per heavy atom. The second kappa shape index (κ2) is 4.67. The second-order valence-corrected chi connectivity index (χ2v) is 5.83. The quantitative estimate of drug-likeness (QED) is 0.781. The summed E-state index contributed by atoms with van der Waals surface area (Å²) < 4.78 is 0. The molecule has 0 aliphatic heterocycles. The number of nitrogens with two attached hydrogens (primary N) is 1. The van der Waals surface area contributed by atoms with Crippen LogP contribution in [0.5, 0.6) is 0 Å². The van der Waals surface area contributed by atoms with Gasteiger partial charge in [0, 0.05) is 17.1 Å². The number of aromatic nitrogens is 3. The predicted molar refractivity (Wildman–Crippen MR) is 84.2 cm³/mol. The highest BCUT2D eigenvalue weighted by Gasteiger charge is 2.27. The van der Waals surface area contributed by atoms with E-state index in [4.69, 9.17) is 17.3 Å². The summed E-state index contributed by atoms with van der Waals surface area (Å²) >= 11 is 6.40. The fourth-order valence-electron chi connectivity index (χ4n) is 2.68. The number of pyridine rings is 1. The average molecular weight is 297 g/mol. The minimum atomic E-state index is 0.492. The Morgan fingerprint density at radius 1 is 1.05 bits per heavy atom. The van der Waals surface area contributed by atoms with Crippen molar-refractivity contribution in [2.75, 3.05) is 5.73 Å². The lowest BCUT2D eigenvalue weighted by atomic mass is 9.98. The zero-order valence-corrected chi connectivity index (χ0v) is 12.0. The van der Waals surface area contributed by atoms with Crippen LogP contribution in [0.1, 0.15) is 24.3 Å². The molecule has 0 amide bonds. The Hall–Kier alpha value is -2.20. The van der Waals surface area contributed by atoms with E-state index in [0.717, 1.165) is 21.9 Å². The fourth-order valence-corrected chi connectivity index (χ4v) is 2.95. The number of hydrogen-bond donors (Lipinski definition) is 1. The lowest BCUT2D eigenvalue weighted by Gasteiger charge is -2.10. The van der Waals surface area contributed by atoms with Crippen LogP contribution in [0.3, 0.4) is 0 Å². The molecule has 0 spiro atoms. The SMILES string of the molecule is Nc1cc2cc(-c3cnncc3C3CC3)cc(Cl)c2cn1. The van der Waals surface area contributed by atoms with Gasteiger partial charge in [-0.2, -0.15) is 10.2 Å². The molecule has 2 N–H and O–H groups in total. The van der Waals surface area contributed by atoms with Crippen LogP contribution < -0.4 is 5.73 Å². The number of rotatable bonds is 2. The number of fused-ring (bicyclic) bond motifs is 1. The van der Waals surface area contributed by atoms with Crippen LogP contribution in [-0.4, -0.2) is 15.2 Å². The molecule has 5 heteroatoms. The fraction of sp³-hybridized carbons (Fsp3) is 0.188. The number of halogens is 1. The first-order valence-electron chi connectivity index (χ1n) is 6.88. The van der Waals surface area contributed by atoms with Gasteiger partial charge < -0.3 is 5.73 Å². The molecular formula is C16H13ClN4. The maximum Gasteiger partial charge on any atom is 0.123 e. The van der Waals surface area contributed by atoms with E-state index in [0.29, 0.717) is 16.8 Å². The molecule has 1 saturated carbocycles. The summed E-state index contributed by atoms with van der Waals surface area (Å²) in [5.41, 5.74) is 9.18. The molecule has 2 heterocycles. The number of benzene rings is 1. The van der Waals surface area contributed by atoms with E-state index in [9.17, 15) is 0 Å². The van der Waals surface area contributed by atoms with Crippen molar-refractivity contribution in [1.82, 2.24) is 15.2 Å². The topological polar surface area (TPSA) is 64.7 Å². The summed E-state index contributed by atoms with van der Waals surface area (Å²) in [6.07, 6.45) is 7.83. The first kappa shape index (κ1) is 12.5. The molecule has 4 rings (SSSR count). The first-order chi connectivity index (χ1) is 10.2. The molecule has 0 bridgehead atoms. The van der Waals surface area contributed by atoms with Crippen LogP contribution >= 0.6 is 11.6 Å². The largest absolute Gasteiger partial charge is 0.384 e. The second-order valence-electron chi connectivity index (χ2n) is 5.42. The van der Waals surface area contributed by atoms with Crippen molar-refractivity contribution in [1.29, 1.82) is 0 Å². The molecule has 1 aromatic carbocycles. The molecule has 0 radical (unpaired) electrons. The highest BCUT2D eigenvalue weighted by atomic mass is 35.5. The third-order valence-electron chi connectivity index (χ3n) is 3.90. The van der Waals surface area contributed by atoms with Crippen molar-refractivity contribution in [3.8, 4) is 11.1 Å². The van der Waals surface area contributed by atoms with Gasteiger partial charge in [0.25, 0.3) is 0 Å². The van der Waals surface area contributed by atoms with Crippen LogP contribution in [0, 0.1) is 0 Å². The molecule has 2 aromatic heterocycles. The van der Waals surface area contributed by atoms with E-state index in [1.165, 1.54) is 18.4 Å². The highest BCUT2D eigenvalue weighted by molar-refractivity contribution is 6.35. The van der Waals surface area contributed by atoms with Gasteiger partial charge in [-0.25, -0.2) is 4.98 Å². The van der Waals surface area contributed by atoms with Gasteiger partial charge in [0.1, 0.15) is 5.82 Å². The van der Waals surface area contributed by atoms with Gasteiger partial charge in [0.2, 0.25) is 0 Å². The van der Waals surface area contributed by atoms with Crippen LogP contribution in [0.25, 0.3) is 21.9 Å². The van der Waals surface area contributed by atoms with Gasteiger partial charge in [0.15, 0.2) is 0 Å². The Labute approximate surface area is 127 Å². The standard InChI is InChI=1S/C16H13ClN4/c17-15-4-10(3-11-5-16(18)19-6-14(11)15)13-8-21-20-7-12(13)9-1-2-9/h3-9H,1-2H2,(H2,18,19). The molecule has 0 saturated heterocycles. The Balaban J connectivity index is 1.94. The summed E-state index contributed by atoms with van der Waals surface area (Å²) in [5.74, 6) is 1.10. The third kappa shape index (κ3) is 2.21. The number of nitrogens with zero attached hydrogens (tertiary/aromatic N) is 3. The lowest BCUT2D eigenvalue weighted by molar-refractivity contribution is 0.981. The van der Waals surface area contributed by atoms with E-state index >= 15 is 0 Å². The Bertz CT molecular complexity index is 843. The van der Waals surface area contributed by atoms with Crippen molar-refractivity contribution >= 4 is 28.2 Å². The summed E-state index contributed by atoms with van der Waals surface area (Å²) in [6, 6.07) is 5.89. The number of nitrogen functional groups attached to an aromatic ring is 1. The van der Waals surface area contributed by atoms with Crippen LogP contribution in [0.2, 0.25) is 5.02 Å². The lowest BCUT2D eigenvalue weighted by Crippen LogP contribution is -1.93. The van der Waals surface area contributed by atoms with Gasteiger partial charge in [-0.15, -0.1) is 0 Å². The molecule has 3 aromatic rings. The van der Waals surface area contributed by atoms with E-state index < -0.39 is 0 Å². The summed E-state index contributed by atoms with van der Waals surface area (Å²) in [5, 5.41) is 10.6. The average Bonchev–Trinajstić information content (AvgIpc) is 3.31. The minimum absolute atomic E-state index is 0.492. The van der Waals surface area contributed by atoms with Crippen LogP contribution in [-0.2, 0) is 0 Å². The third-order valence-corrected chi connectivity index (χ3v) is 4.21. The molecule has 4 nitrogen and oxygen atoms in total. The summed E-state index contributed by atoms with van der Waals surface area (Å²) in [6.45, 7) is 0. The molecule has 0 atom stereocenters. The highest BCUT2D eigenvalue weighted by Crippen LogP contribution is 2.44. The predicted octanol–water partition coefficient (Wildman–Crippen LogP) is 3.80. The molecule has 1 aliphatic rings. The zero-order chi connectivity index (χ0) is 14.4. The Morgan fingerprint density at radius 2 is 1.86 bits per heavy atom. The monoisotopic (exact) mass is 296 g/mol. The summed E-state index contributed by atoms with van der Waals surface area (Å²) in [4.78, 5) is 4.10. The Kier molecular flexibility index (Phi) is 2.79. The molecule has 0 unspecified atom stereocenters. The molecule has 1 aliphatic carbocycles. The minimum Gasteiger partial charge on any atom is -0.384 e. The van der Waals surface area contributed by atoms with E-state index in [1.54, 1.807) is 6.20 Å². The first-order valence-corrected chi connectivity index (χ1v) is 7.26. The van der Waals surface area contributed by atoms with Crippen LogP contribution in [0.4, 0.5) is 5.82 Å². The molecule has 1 fully saturated rings. The zero-order valence-electron chi connectivity index (χ0n) is 11.3. The summed E-state index contributed by atoms with van der Waals surface area (Å²) in [7, 11) is 0. The van der Waals surface area contributed by atoms with Gasteiger partial charge in [0.05, 0.1) is 17.4 Å². The van der Waals surface area contributed by atoms with E-state index in [1.807, 2.05) is 24.5 Å². The maximum atomic E-state index is 6.40. The van der Waals surface area contributed by atoms with Crippen molar-refractivity contribution in [3.05, 3.63) is 47.4 Å². The van der Waals surface area contributed by atoms with Gasteiger partial charge in [-0.05, 0) is 53.5 Å². The van der Waals surface area contributed by atoms with E-state index in [2.05, 4.69) is 21.2 Å². The number of anilines is 1. The van der Waals surface area contributed by atoms with Gasteiger partial charge >= 0.3 is 0 Å². The molecular weight excluding hydrogens is 284 g/mol. The number of hydrogen-bond acceptors (Lipinski definition) is 4. The van der Waals surface area contributed by atoms with Gasteiger partial charge in [-0.3, -0.25) is 0 Å². The maximum absolute atomic E-state index is 6.40. The van der Waals surface area contributed by atoms with Crippen molar-refractivity contribution in [3.63, 3.8) is 0 Å². The normalized spacial score (nSPS) is 14.5.